The molecular weight excluding hydrogens is 344 g/mol. The molecule has 8 heteroatoms. The molecule has 1 aliphatic heterocycles. The number of hydrazone groups is 1. The van der Waals surface area contributed by atoms with Crippen molar-refractivity contribution in [1.29, 1.82) is 5.26 Å². The average Bonchev–Trinajstić information content (AvgIpc) is 2.69. The van der Waals surface area contributed by atoms with Crippen LogP contribution in [0.4, 0.5) is 0 Å². The number of unbranched alkanes of at least 4 members (excludes halogenated alkanes) is 1. The van der Waals surface area contributed by atoms with Crippen LogP contribution in [0.2, 0.25) is 0 Å². The van der Waals surface area contributed by atoms with Gasteiger partial charge < -0.3 is 10.1 Å². The molecule has 0 saturated heterocycles. The van der Waals surface area contributed by atoms with E-state index >= 15 is 0 Å². The Morgan fingerprint density at radius 3 is 2.78 bits per heavy atom. The van der Waals surface area contributed by atoms with E-state index < -0.39 is 0 Å². The monoisotopic (exact) mass is 370 g/mol. The van der Waals surface area contributed by atoms with E-state index in [-0.39, 0.29) is 5.91 Å². The number of nitrogens with zero attached hydrogens (tertiary/aromatic N) is 4. The van der Waals surface area contributed by atoms with Gasteiger partial charge in [-0.1, -0.05) is 0 Å². The van der Waals surface area contributed by atoms with E-state index in [1.807, 2.05) is 37.4 Å². The summed E-state index contributed by atoms with van der Waals surface area (Å²) in [4.78, 5) is 16.4. The van der Waals surface area contributed by atoms with Crippen LogP contribution in [-0.2, 0) is 4.79 Å². The topological polar surface area (TPSA) is 102 Å². The molecule has 0 fully saturated rings. The minimum absolute atomic E-state index is 0.0512. The summed E-state index contributed by atoms with van der Waals surface area (Å²) < 4.78 is 5.18. The van der Waals surface area contributed by atoms with Gasteiger partial charge in [-0.25, -0.2) is 5.01 Å². The molecular formula is C19H26N6O2. The van der Waals surface area contributed by atoms with Crippen LogP contribution in [0.1, 0.15) is 38.2 Å². The van der Waals surface area contributed by atoms with Gasteiger partial charge in [0, 0.05) is 32.5 Å². The number of amides is 1. The van der Waals surface area contributed by atoms with Gasteiger partial charge in [0.15, 0.2) is 6.19 Å². The van der Waals surface area contributed by atoms with E-state index in [2.05, 4.69) is 20.7 Å². The van der Waals surface area contributed by atoms with Crippen LogP contribution >= 0.6 is 0 Å². The summed E-state index contributed by atoms with van der Waals surface area (Å²) in [6.45, 7) is 3.78. The molecule has 1 aliphatic rings. The summed E-state index contributed by atoms with van der Waals surface area (Å²) in [7, 11) is 1.63. The number of benzene rings is 1. The van der Waals surface area contributed by atoms with Crippen LogP contribution in [0, 0.1) is 11.5 Å². The number of ether oxygens (including phenoxy) is 1. The summed E-state index contributed by atoms with van der Waals surface area (Å²) in [5, 5.41) is 20.3. The number of nitrogens with one attached hydrogen (secondary N) is 2. The lowest BCUT2D eigenvalue weighted by molar-refractivity contribution is -0.131. The third kappa shape index (κ3) is 6.29. The molecule has 1 aromatic carbocycles. The summed E-state index contributed by atoms with van der Waals surface area (Å²) in [6, 6.07) is 7.72. The molecule has 1 heterocycles. The van der Waals surface area contributed by atoms with Gasteiger partial charge in [0.1, 0.15) is 5.75 Å². The number of hydrogen-bond donors (Lipinski definition) is 2. The molecule has 1 aromatic rings. The van der Waals surface area contributed by atoms with E-state index in [1.54, 1.807) is 12.1 Å². The molecule has 2 N–H and O–H groups in total. The van der Waals surface area contributed by atoms with Crippen molar-refractivity contribution >= 4 is 17.6 Å². The molecule has 0 spiro atoms. The number of carbonyl (C=O) groups is 1. The lowest BCUT2D eigenvalue weighted by Crippen LogP contribution is -2.34. The Morgan fingerprint density at radius 2 is 2.11 bits per heavy atom. The molecule has 144 valence electrons. The number of hydrogen-bond acceptors (Lipinski definition) is 5. The Morgan fingerprint density at radius 1 is 1.33 bits per heavy atom. The van der Waals surface area contributed by atoms with E-state index in [4.69, 9.17) is 10.00 Å². The van der Waals surface area contributed by atoms with Crippen LogP contribution in [0.15, 0.2) is 34.4 Å². The molecule has 0 bridgehead atoms. The maximum Gasteiger partial charge on any atom is 0.243 e. The zero-order valence-corrected chi connectivity index (χ0v) is 15.9. The van der Waals surface area contributed by atoms with Gasteiger partial charge in [0.2, 0.25) is 11.9 Å². The summed E-state index contributed by atoms with van der Waals surface area (Å²) in [5.74, 6) is 1.33. The molecule has 0 aromatic heterocycles. The maximum atomic E-state index is 12.1. The summed E-state index contributed by atoms with van der Waals surface area (Å²) >= 11 is 0. The standard InChI is InChI=1S/C19H26N6O2/c1-3-21-19(23-14-20)22-12-4-5-13-25-18(26)11-10-17(24-25)15-6-8-16(27-2)9-7-15/h6-9H,3-5,10-13H2,1-2H3,(H2,21,22,23). The Kier molecular flexibility index (Phi) is 8.10. The van der Waals surface area contributed by atoms with Crippen LogP contribution in [0.5, 0.6) is 5.75 Å². The maximum absolute atomic E-state index is 12.1. The van der Waals surface area contributed by atoms with Crippen molar-refractivity contribution in [2.24, 2.45) is 10.1 Å². The van der Waals surface area contributed by atoms with E-state index in [0.717, 1.165) is 29.9 Å². The van der Waals surface area contributed by atoms with Gasteiger partial charge in [-0.2, -0.15) is 10.4 Å². The molecule has 0 saturated carbocycles. The molecule has 0 unspecified atom stereocenters. The zero-order chi connectivity index (χ0) is 19.5. The predicted molar refractivity (Wildman–Crippen MR) is 104 cm³/mol. The minimum atomic E-state index is 0.0512. The van der Waals surface area contributed by atoms with Crippen LogP contribution in [0.25, 0.3) is 0 Å². The first-order valence-electron chi connectivity index (χ1n) is 9.13. The number of aliphatic imine (C=N–C) groups is 1. The van der Waals surface area contributed by atoms with Gasteiger partial charge in [-0.3, -0.25) is 15.1 Å². The molecule has 0 aliphatic carbocycles. The fourth-order valence-corrected chi connectivity index (χ4v) is 2.69. The number of nitriles is 1. The predicted octanol–water partition coefficient (Wildman–Crippen LogP) is 1.84. The fourth-order valence-electron chi connectivity index (χ4n) is 2.69. The highest BCUT2D eigenvalue weighted by Crippen LogP contribution is 2.18. The van der Waals surface area contributed by atoms with E-state index in [1.165, 1.54) is 0 Å². The van der Waals surface area contributed by atoms with E-state index in [9.17, 15) is 4.79 Å². The zero-order valence-electron chi connectivity index (χ0n) is 15.9. The van der Waals surface area contributed by atoms with Gasteiger partial charge in [-0.05, 0) is 49.6 Å². The minimum Gasteiger partial charge on any atom is -0.497 e. The molecule has 1 amide bonds. The Hall–Kier alpha value is -3.08. The molecule has 2 rings (SSSR count). The van der Waals surface area contributed by atoms with Crippen LogP contribution in [0.3, 0.4) is 0 Å². The van der Waals surface area contributed by atoms with Crippen molar-refractivity contribution in [1.82, 2.24) is 15.6 Å². The lowest BCUT2D eigenvalue weighted by atomic mass is 10.0. The largest absolute Gasteiger partial charge is 0.497 e. The first kappa shape index (κ1) is 20.2. The highest BCUT2D eigenvalue weighted by atomic mass is 16.5. The third-order valence-corrected chi connectivity index (χ3v) is 4.09. The van der Waals surface area contributed by atoms with Crippen molar-refractivity contribution in [3.8, 4) is 11.9 Å². The van der Waals surface area contributed by atoms with Crippen molar-refractivity contribution < 1.29 is 9.53 Å². The Bertz CT molecular complexity index is 721. The van der Waals surface area contributed by atoms with Gasteiger partial charge >= 0.3 is 0 Å². The lowest BCUT2D eigenvalue weighted by Gasteiger charge is -2.23. The van der Waals surface area contributed by atoms with Gasteiger partial charge in [0.25, 0.3) is 0 Å². The number of rotatable bonds is 8. The van der Waals surface area contributed by atoms with E-state index in [0.29, 0.717) is 38.4 Å². The molecule has 0 radical (unpaired) electrons. The quantitative estimate of drug-likeness (QED) is 0.239. The average molecular weight is 370 g/mol. The van der Waals surface area contributed by atoms with Crippen molar-refractivity contribution in [2.45, 2.75) is 32.6 Å². The van der Waals surface area contributed by atoms with Crippen molar-refractivity contribution in [2.75, 3.05) is 26.7 Å². The smallest absolute Gasteiger partial charge is 0.243 e. The fraction of sp³-hybridized carbons (Fsp3) is 0.474. The van der Waals surface area contributed by atoms with Crippen LogP contribution < -0.4 is 15.4 Å². The Balaban J connectivity index is 1.88. The van der Waals surface area contributed by atoms with Gasteiger partial charge in [-0.15, -0.1) is 0 Å². The number of methoxy groups -OCH3 is 1. The highest BCUT2D eigenvalue weighted by Gasteiger charge is 2.20. The van der Waals surface area contributed by atoms with Gasteiger partial charge in [0.05, 0.1) is 12.8 Å². The van der Waals surface area contributed by atoms with Crippen molar-refractivity contribution in [3.05, 3.63) is 29.8 Å². The molecule has 27 heavy (non-hydrogen) atoms. The normalized spacial score (nSPS) is 14.4. The second-order valence-electron chi connectivity index (χ2n) is 6.00. The molecule has 8 nitrogen and oxygen atoms in total. The third-order valence-electron chi connectivity index (χ3n) is 4.09. The first-order chi connectivity index (χ1) is 13.2. The summed E-state index contributed by atoms with van der Waals surface area (Å²) in [6.07, 6.45) is 4.58. The molecule has 0 atom stereocenters. The second-order valence-corrected chi connectivity index (χ2v) is 6.00. The summed E-state index contributed by atoms with van der Waals surface area (Å²) in [5.41, 5.74) is 1.93. The number of carbonyl (C=O) groups excluding carboxylic acids is 1. The van der Waals surface area contributed by atoms with Crippen LogP contribution in [-0.4, -0.2) is 49.3 Å². The highest BCUT2D eigenvalue weighted by molar-refractivity contribution is 6.04. The number of guanidine groups is 1. The Labute approximate surface area is 159 Å². The first-order valence-corrected chi connectivity index (χ1v) is 9.13. The van der Waals surface area contributed by atoms with Crippen molar-refractivity contribution in [3.63, 3.8) is 0 Å². The second kappa shape index (κ2) is 10.8. The SMILES string of the molecule is CCNC(=NCCCCN1N=C(c2ccc(OC)cc2)CCC1=O)NC#N.